The van der Waals surface area contributed by atoms with E-state index in [1.807, 2.05) is 13.8 Å². The molecule has 0 saturated carbocycles. The monoisotopic (exact) mass is 231 g/mol. The van der Waals surface area contributed by atoms with Gasteiger partial charge in [0.25, 0.3) is 0 Å². The third-order valence-electron chi connectivity index (χ3n) is 2.14. The smallest absolute Gasteiger partial charge is 0.240 e. The Kier molecular flexibility index (Phi) is 7.49. The van der Waals surface area contributed by atoms with Crippen LogP contribution < -0.4 is 11.5 Å². The Morgan fingerprint density at radius 2 is 2.00 bits per heavy atom. The first kappa shape index (κ1) is 14.9. The van der Waals surface area contributed by atoms with E-state index in [1.54, 1.807) is 4.90 Å². The standard InChI is InChI=1S/C10H21N3O3/c1-3-13(5-6-16-4-2)10(15)8(11)7-9(12)14/h8H,3-7,11H2,1-2H3,(H2,12,14). The summed E-state index contributed by atoms with van der Waals surface area (Å²) in [6, 6.07) is -0.848. The van der Waals surface area contributed by atoms with Crippen molar-refractivity contribution in [3.8, 4) is 0 Å². The highest BCUT2D eigenvalue weighted by molar-refractivity contribution is 5.87. The maximum Gasteiger partial charge on any atom is 0.240 e. The van der Waals surface area contributed by atoms with Crippen LogP contribution in [0.2, 0.25) is 0 Å². The summed E-state index contributed by atoms with van der Waals surface area (Å²) in [4.78, 5) is 23.9. The first-order valence-electron chi connectivity index (χ1n) is 5.43. The van der Waals surface area contributed by atoms with E-state index in [4.69, 9.17) is 16.2 Å². The molecule has 0 aromatic rings. The highest BCUT2D eigenvalue weighted by Crippen LogP contribution is 1.97. The van der Waals surface area contributed by atoms with E-state index in [0.29, 0.717) is 26.3 Å². The summed E-state index contributed by atoms with van der Waals surface area (Å²) in [6.07, 6.45) is -0.121. The van der Waals surface area contributed by atoms with Crippen molar-refractivity contribution < 1.29 is 14.3 Å². The van der Waals surface area contributed by atoms with Crippen molar-refractivity contribution in [2.45, 2.75) is 26.3 Å². The van der Waals surface area contributed by atoms with Gasteiger partial charge in [-0.2, -0.15) is 0 Å². The second-order valence-corrected chi connectivity index (χ2v) is 3.39. The van der Waals surface area contributed by atoms with E-state index in [9.17, 15) is 9.59 Å². The number of hydrogen-bond acceptors (Lipinski definition) is 4. The summed E-state index contributed by atoms with van der Waals surface area (Å²) in [5.41, 5.74) is 10.5. The summed E-state index contributed by atoms with van der Waals surface area (Å²) >= 11 is 0. The lowest BCUT2D eigenvalue weighted by atomic mass is 10.2. The Balaban J connectivity index is 4.12. The molecule has 0 bridgehead atoms. The van der Waals surface area contributed by atoms with Crippen LogP contribution >= 0.6 is 0 Å². The minimum Gasteiger partial charge on any atom is -0.380 e. The first-order chi connectivity index (χ1) is 7.52. The number of likely N-dealkylation sites (N-methyl/N-ethyl adjacent to an activating group) is 1. The molecule has 0 aliphatic heterocycles. The van der Waals surface area contributed by atoms with Crippen LogP contribution in [0, 0.1) is 0 Å². The Bertz CT molecular complexity index is 233. The molecule has 0 aromatic heterocycles. The Morgan fingerprint density at radius 1 is 1.38 bits per heavy atom. The average molecular weight is 231 g/mol. The maximum absolute atomic E-state index is 11.7. The number of carbonyl (C=O) groups is 2. The summed E-state index contributed by atoms with van der Waals surface area (Å²) in [7, 11) is 0. The lowest BCUT2D eigenvalue weighted by Crippen LogP contribution is -2.46. The number of nitrogens with two attached hydrogens (primary N) is 2. The zero-order chi connectivity index (χ0) is 12.6. The highest BCUT2D eigenvalue weighted by Gasteiger charge is 2.21. The molecule has 2 amide bonds. The molecule has 0 radical (unpaired) electrons. The van der Waals surface area contributed by atoms with Crippen molar-refractivity contribution >= 4 is 11.8 Å². The van der Waals surface area contributed by atoms with E-state index in [0.717, 1.165) is 0 Å². The van der Waals surface area contributed by atoms with Gasteiger partial charge in [-0.15, -0.1) is 0 Å². The number of primary amides is 1. The average Bonchev–Trinajstić information content (AvgIpc) is 2.22. The second kappa shape index (κ2) is 8.06. The predicted molar refractivity (Wildman–Crippen MR) is 60.5 cm³/mol. The van der Waals surface area contributed by atoms with Gasteiger partial charge >= 0.3 is 0 Å². The number of nitrogens with zero attached hydrogens (tertiary/aromatic N) is 1. The molecule has 6 nitrogen and oxygen atoms in total. The van der Waals surface area contributed by atoms with Gasteiger partial charge < -0.3 is 21.1 Å². The Hall–Kier alpha value is -1.14. The van der Waals surface area contributed by atoms with Crippen LogP contribution in [0.4, 0.5) is 0 Å². The molecule has 6 heteroatoms. The fraction of sp³-hybridized carbons (Fsp3) is 0.800. The molecule has 1 unspecified atom stereocenters. The van der Waals surface area contributed by atoms with Crippen molar-refractivity contribution in [2.24, 2.45) is 11.5 Å². The molecule has 1 atom stereocenters. The molecule has 0 aromatic carbocycles. The lowest BCUT2D eigenvalue weighted by molar-refractivity contribution is -0.135. The van der Waals surface area contributed by atoms with Crippen LogP contribution in [0.25, 0.3) is 0 Å². The largest absolute Gasteiger partial charge is 0.380 e. The molecule has 16 heavy (non-hydrogen) atoms. The predicted octanol–water partition coefficient (Wildman–Crippen LogP) is -0.926. The molecule has 0 aliphatic carbocycles. The fourth-order valence-electron chi connectivity index (χ4n) is 1.28. The molecule has 4 N–H and O–H groups in total. The van der Waals surface area contributed by atoms with Crippen LogP contribution in [-0.2, 0) is 14.3 Å². The van der Waals surface area contributed by atoms with Gasteiger partial charge in [-0.3, -0.25) is 9.59 Å². The maximum atomic E-state index is 11.7. The van der Waals surface area contributed by atoms with Crippen LogP contribution in [0.1, 0.15) is 20.3 Å². The van der Waals surface area contributed by atoms with E-state index < -0.39 is 11.9 Å². The summed E-state index contributed by atoms with van der Waals surface area (Å²) < 4.78 is 5.15. The van der Waals surface area contributed by atoms with Crippen molar-refractivity contribution in [3.63, 3.8) is 0 Å². The third-order valence-corrected chi connectivity index (χ3v) is 2.14. The minimum absolute atomic E-state index is 0.121. The number of hydrogen-bond donors (Lipinski definition) is 2. The van der Waals surface area contributed by atoms with E-state index in [-0.39, 0.29) is 12.3 Å². The van der Waals surface area contributed by atoms with E-state index in [1.165, 1.54) is 0 Å². The molecule has 0 heterocycles. The molecular weight excluding hydrogens is 210 g/mol. The molecule has 0 spiro atoms. The second-order valence-electron chi connectivity index (χ2n) is 3.39. The first-order valence-corrected chi connectivity index (χ1v) is 5.43. The number of rotatable bonds is 8. The van der Waals surface area contributed by atoms with Gasteiger partial charge in [0.2, 0.25) is 11.8 Å². The molecule has 0 rings (SSSR count). The van der Waals surface area contributed by atoms with Crippen LogP contribution in [0.5, 0.6) is 0 Å². The SMILES string of the molecule is CCOCCN(CC)C(=O)C(N)CC(N)=O. The van der Waals surface area contributed by atoms with Crippen LogP contribution in [0.3, 0.4) is 0 Å². The van der Waals surface area contributed by atoms with Crippen LogP contribution in [-0.4, -0.2) is 49.1 Å². The molecule has 0 fully saturated rings. The van der Waals surface area contributed by atoms with Gasteiger partial charge in [0.15, 0.2) is 0 Å². The van der Waals surface area contributed by atoms with Crippen molar-refractivity contribution in [1.82, 2.24) is 4.90 Å². The summed E-state index contributed by atoms with van der Waals surface area (Å²) in [5, 5.41) is 0. The van der Waals surface area contributed by atoms with Crippen molar-refractivity contribution in [1.29, 1.82) is 0 Å². The van der Waals surface area contributed by atoms with Gasteiger partial charge in [0.1, 0.15) is 0 Å². The minimum atomic E-state index is -0.848. The zero-order valence-corrected chi connectivity index (χ0v) is 9.94. The lowest BCUT2D eigenvalue weighted by Gasteiger charge is -2.23. The quantitative estimate of drug-likeness (QED) is 0.527. The fourth-order valence-corrected chi connectivity index (χ4v) is 1.28. The Labute approximate surface area is 95.9 Å². The van der Waals surface area contributed by atoms with Crippen molar-refractivity contribution in [3.05, 3.63) is 0 Å². The van der Waals surface area contributed by atoms with E-state index >= 15 is 0 Å². The summed E-state index contributed by atoms with van der Waals surface area (Å²) in [5.74, 6) is -0.831. The molecular formula is C10H21N3O3. The van der Waals surface area contributed by atoms with Gasteiger partial charge in [0.05, 0.1) is 19.1 Å². The number of carbonyl (C=O) groups excluding carboxylic acids is 2. The van der Waals surface area contributed by atoms with Gasteiger partial charge in [-0.05, 0) is 13.8 Å². The zero-order valence-electron chi connectivity index (χ0n) is 9.94. The number of ether oxygens (including phenoxy) is 1. The highest BCUT2D eigenvalue weighted by atomic mass is 16.5. The van der Waals surface area contributed by atoms with E-state index in [2.05, 4.69) is 0 Å². The van der Waals surface area contributed by atoms with Crippen molar-refractivity contribution in [2.75, 3.05) is 26.3 Å². The topological polar surface area (TPSA) is 98.7 Å². The summed E-state index contributed by atoms with van der Waals surface area (Å²) in [6.45, 7) is 5.84. The van der Waals surface area contributed by atoms with Gasteiger partial charge in [0, 0.05) is 19.7 Å². The molecule has 94 valence electrons. The molecule has 0 aliphatic rings. The normalized spacial score (nSPS) is 12.2. The molecule has 0 saturated heterocycles. The Morgan fingerprint density at radius 3 is 2.44 bits per heavy atom. The van der Waals surface area contributed by atoms with Gasteiger partial charge in [-0.1, -0.05) is 0 Å². The number of amides is 2. The van der Waals surface area contributed by atoms with Gasteiger partial charge in [-0.25, -0.2) is 0 Å². The third kappa shape index (κ3) is 5.67. The van der Waals surface area contributed by atoms with Crippen LogP contribution in [0.15, 0.2) is 0 Å².